The molecule has 2 amide bonds. The molecule has 0 radical (unpaired) electrons. The van der Waals surface area contributed by atoms with Gasteiger partial charge in [-0.25, -0.2) is 0 Å². The van der Waals surface area contributed by atoms with Crippen LogP contribution in [0, 0.1) is 0 Å². The van der Waals surface area contributed by atoms with E-state index < -0.39 is 5.91 Å². The molecule has 0 saturated carbocycles. The van der Waals surface area contributed by atoms with Crippen molar-refractivity contribution in [2.75, 3.05) is 18.1 Å². The molecule has 0 spiro atoms. The quantitative estimate of drug-likeness (QED) is 0.661. The standard InChI is InChI=1S/C11H11ClN6O2/c1-14-9(19)5-2-3-6(12)7(4-5)15-10(20)8-16-11(13)18-17-8/h2-4H,1H3,(H,14,19)(H,15,20)(H3,13,16,17,18). The summed E-state index contributed by atoms with van der Waals surface area (Å²) >= 11 is 5.96. The van der Waals surface area contributed by atoms with Gasteiger partial charge in [-0.05, 0) is 18.2 Å². The summed E-state index contributed by atoms with van der Waals surface area (Å²) in [7, 11) is 1.51. The van der Waals surface area contributed by atoms with Crippen molar-refractivity contribution >= 4 is 35.1 Å². The van der Waals surface area contributed by atoms with E-state index >= 15 is 0 Å². The molecule has 0 aliphatic carbocycles. The number of rotatable bonds is 3. The summed E-state index contributed by atoms with van der Waals surface area (Å²) in [6.45, 7) is 0. The lowest BCUT2D eigenvalue weighted by molar-refractivity contribution is 0.0961. The highest BCUT2D eigenvalue weighted by atomic mass is 35.5. The molecular formula is C11H11ClN6O2. The van der Waals surface area contributed by atoms with E-state index in [4.69, 9.17) is 17.3 Å². The average Bonchev–Trinajstić information content (AvgIpc) is 2.87. The van der Waals surface area contributed by atoms with Gasteiger partial charge in [0.1, 0.15) is 0 Å². The first-order valence-corrected chi connectivity index (χ1v) is 5.90. The molecule has 1 aromatic carbocycles. The van der Waals surface area contributed by atoms with Gasteiger partial charge in [0.2, 0.25) is 11.8 Å². The van der Waals surface area contributed by atoms with Crippen LogP contribution in [-0.4, -0.2) is 34.0 Å². The molecule has 5 N–H and O–H groups in total. The lowest BCUT2D eigenvalue weighted by atomic mass is 10.2. The zero-order valence-corrected chi connectivity index (χ0v) is 11.2. The van der Waals surface area contributed by atoms with Crippen LogP contribution in [0.1, 0.15) is 21.0 Å². The van der Waals surface area contributed by atoms with Crippen molar-refractivity contribution in [3.63, 3.8) is 0 Å². The first kappa shape index (κ1) is 13.8. The molecule has 0 bridgehead atoms. The van der Waals surface area contributed by atoms with E-state index in [2.05, 4.69) is 25.8 Å². The number of halogens is 1. The molecule has 2 rings (SSSR count). The van der Waals surface area contributed by atoms with E-state index in [1.807, 2.05) is 0 Å². The van der Waals surface area contributed by atoms with Gasteiger partial charge in [-0.1, -0.05) is 11.6 Å². The minimum absolute atomic E-state index is 0.0413. The summed E-state index contributed by atoms with van der Waals surface area (Å²) in [6.07, 6.45) is 0. The highest BCUT2D eigenvalue weighted by Gasteiger charge is 2.14. The van der Waals surface area contributed by atoms with Crippen LogP contribution in [0.5, 0.6) is 0 Å². The third-order valence-corrected chi connectivity index (χ3v) is 2.75. The fraction of sp³-hybridized carbons (Fsp3) is 0.0909. The van der Waals surface area contributed by atoms with Gasteiger partial charge in [-0.3, -0.25) is 14.7 Å². The smallest absolute Gasteiger partial charge is 0.293 e. The van der Waals surface area contributed by atoms with E-state index in [1.54, 1.807) is 6.07 Å². The molecule has 1 aromatic heterocycles. The first-order valence-electron chi connectivity index (χ1n) is 5.52. The van der Waals surface area contributed by atoms with Crippen LogP contribution in [0.4, 0.5) is 11.6 Å². The Labute approximate surface area is 118 Å². The summed E-state index contributed by atoms with van der Waals surface area (Å²) < 4.78 is 0. The van der Waals surface area contributed by atoms with Gasteiger partial charge in [0.05, 0.1) is 10.7 Å². The summed E-state index contributed by atoms with van der Waals surface area (Å²) in [5.41, 5.74) is 5.96. The molecule has 9 heteroatoms. The van der Waals surface area contributed by atoms with Gasteiger partial charge < -0.3 is 16.4 Å². The van der Waals surface area contributed by atoms with Gasteiger partial charge in [-0.2, -0.15) is 4.98 Å². The lowest BCUT2D eigenvalue weighted by Gasteiger charge is -2.07. The monoisotopic (exact) mass is 294 g/mol. The van der Waals surface area contributed by atoms with Crippen molar-refractivity contribution in [2.24, 2.45) is 0 Å². The third-order valence-electron chi connectivity index (χ3n) is 2.42. The summed E-state index contributed by atoms with van der Waals surface area (Å²) in [4.78, 5) is 27.1. The summed E-state index contributed by atoms with van der Waals surface area (Å²) in [6, 6.07) is 4.51. The Kier molecular flexibility index (Phi) is 3.85. The second-order valence-electron chi connectivity index (χ2n) is 3.77. The third kappa shape index (κ3) is 2.86. The Balaban J connectivity index is 2.24. The predicted octanol–water partition coefficient (Wildman–Crippen LogP) is 0.652. The van der Waals surface area contributed by atoms with E-state index in [-0.39, 0.29) is 23.4 Å². The number of aromatic nitrogens is 3. The maximum atomic E-state index is 11.9. The number of nitrogen functional groups attached to an aromatic ring is 1. The molecule has 0 aliphatic rings. The zero-order valence-electron chi connectivity index (χ0n) is 10.4. The van der Waals surface area contributed by atoms with Crippen LogP contribution in [0.2, 0.25) is 5.02 Å². The molecule has 0 unspecified atom stereocenters. The summed E-state index contributed by atoms with van der Waals surface area (Å²) in [5.74, 6) is -0.949. The fourth-order valence-corrected chi connectivity index (χ4v) is 1.63. The Hall–Kier alpha value is -2.61. The topological polar surface area (TPSA) is 126 Å². The Morgan fingerprint density at radius 2 is 2.10 bits per heavy atom. The summed E-state index contributed by atoms with van der Waals surface area (Å²) in [5, 5.41) is 11.2. The maximum Gasteiger partial charge on any atom is 0.293 e. The van der Waals surface area contributed by atoms with Crippen molar-refractivity contribution in [3.8, 4) is 0 Å². The Morgan fingerprint density at radius 1 is 1.35 bits per heavy atom. The van der Waals surface area contributed by atoms with Crippen LogP contribution in [0.15, 0.2) is 18.2 Å². The molecule has 1 heterocycles. The number of hydrogen-bond donors (Lipinski definition) is 4. The number of nitrogens with one attached hydrogen (secondary N) is 3. The van der Waals surface area contributed by atoms with Gasteiger partial charge in [0, 0.05) is 12.6 Å². The molecule has 0 aliphatic heterocycles. The number of benzene rings is 1. The second-order valence-corrected chi connectivity index (χ2v) is 4.18. The number of anilines is 2. The number of nitrogens with two attached hydrogens (primary N) is 1. The van der Waals surface area contributed by atoms with Crippen LogP contribution >= 0.6 is 11.6 Å². The highest BCUT2D eigenvalue weighted by molar-refractivity contribution is 6.34. The van der Waals surface area contributed by atoms with E-state index in [1.165, 1.54) is 19.2 Å². The van der Waals surface area contributed by atoms with Crippen molar-refractivity contribution in [1.82, 2.24) is 20.5 Å². The highest BCUT2D eigenvalue weighted by Crippen LogP contribution is 2.23. The van der Waals surface area contributed by atoms with E-state index in [0.717, 1.165) is 0 Å². The lowest BCUT2D eigenvalue weighted by Crippen LogP contribution is -2.19. The first-order chi connectivity index (χ1) is 9.51. The molecule has 20 heavy (non-hydrogen) atoms. The van der Waals surface area contributed by atoms with E-state index in [0.29, 0.717) is 10.6 Å². The molecule has 0 fully saturated rings. The van der Waals surface area contributed by atoms with E-state index in [9.17, 15) is 9.59 Å². The molecule has 8 nitrogen and oxygen atoms in total. The normalized spacial score (nSPS) is 10.1. The number of amides is 2. The fourth-order valence-electron chi connectivity index (χ4n) is 1.46. The number of hydrogen-bond acceptors (Lipinski definition) is 5. The van der Waals surface area contributed by atoms with Crippen molar-refractivity contribution in [2.45, 2.75) is 0 Å². The van der Waals surface area contributed by atoms with Crippen LogP contribution in [-0.2, 0) is 0 Å². The number of carbonyl (C=O) groups is 2. The van der Waals surface area contributed by atoms with Gasteiger partial charge >= 0.3 is 0 Å². The molecular weight excluding hydrogens is 284 g/mol. The molecule has 0 saturated heterocycles. The van der Waals surface area contributed by atoms with Crippen molar-refractivity contribution < 1.29 is 9.59 Å². The zero-order chi connectivity index (χ0) is 14.7. The SMILES string of the molecule is CNC(=O)c1ccc(Cl)c(NC(=O)c2nc(N)n[nH]2)c1. The van der Waals surface area contributed by atoms with Gasteiger partial charge in [-0.15, -0.1) is 5.10 Å². The van der Waals surface area contributed by atoms with Crippen LogP contribution in [0.3, 0.4) is 0 Å². The number of aromatic amines is 1. The number of H-pyrrole nitrogens is 1. The number of carbonyl (C=O) groups excluding carboxylic acids is 2. The average molecular weight is 295 g/mol. The van der Waals surface area contributed by atoms with Crippen molar-refractivity contribution in [1.29, 1.82) is 0 Å². The molecule has 104 valence electrons. The van der Waals surface area contributed by atoms with Crippen molar-refractivity contribution in [3.05, 3.63) is 34.6 Å². The number of nitrogens with zero attached hydrogens (tertiary/aromatic N) is 2. The Morgan fingerprint density at radius 3 is 2.70 bits per heavy atom. The molecule has 0 atom stereocenters. The van der Waals surface area contributed by atoms with Gasteiger partial charge in [0.15, 0.2) is 0 Å². The molecule has 2 aromatic rings. The maximum absolute atomic E-state index is 11.9. The van der Waals surface area contributed by atoms with Crippen LogP contribution in [0.25, 0.3) is 0 Å². The Bertz CT molecular complexity index is 669. The minimum Gasteiger partial charge on any atom is -0.366 e. The predicted molar refractivity (Wildman–Crippen MR) is 73.6 cm³/mol. The largest absolute Gasteiger partial charge is 0.366 e. The van der Waals surface area contributed by atoms with Gasteiger partial charge in [0.25, 0.3) is 11.8 Å². The van der Waals surface area contributed by atoms with Crippen LogP contribution < -0.4 is 16.4 Å². The minimum atomic E-state index is -0.565. The second kappa shape index (κ2) is 5.57.